The summed E-state index contributed by atoms with van der Waals surface area (Å²) in [6, 6.07) is 5.07. The molecule has 2 aromatic rings. The van der Waals surface area contributed by atoms with Crippen molar-refractivity contribution >= 4 is 29.0 Å². The standard InChI is InChI=1S/C14H17ClN4O2/c1-10-3-4-13(12(15)7-10)18-14(20)17-11-8-16-19(9-11)5-6-21-2/h3-4,7-9H,5-6H2,1-2H3,(H2,17,18,20). The number of carbonyl (C=O) groups excluding carboxylic acids is 1. The van der Waals surface area contributed by atoms with Gasteiger partial charge in [-0.25, -0.2) is 4.79 Å². The molecule has 0 atom stereocenters. The molecule has 0 aliphatic rings. The first kappa shape index (κ1) is 15.3. The average molecular weight is 309 g/mol. The van der Waals surface area contributed by atoms with E-state index in [1.165, 1.54) is 0 Å². The molecule has 0 saturated heterocycles. The van der Waals surface area contributed by atoms with Crippen LogP contribution >= 0.6 is 11.6 Å². The number of aromatic nitrogens is 2. The summed E-state index contributed by atoms with van der Waals surface area (Å²) in [5.41, 5.74) is 2.20. The number of hydrogen-bond donors (Lipinski definition) is 2. The van der Waals surface area contributed by atoms with E-state index < -0.39 is 0 Å². The summed E-state index contributed by atoms with van der Waals surface area (Å²) < 4.78 is 6.66. The molecule has 2 N–H and O–H groups in total. The van der Waals surface area contributed by atoms with Crippen molar-refractivity contribution in [3.05, 3.63) is 41.2 Å². The van der Waals surface area contributed by atoms with Crippen molar-refractivity contribution in [1.29, 1.82) is 0 Å². The zero-order chi connectivity index (χ0) is 15.2. The van der Waals surface area contributed by atoms with Crippen molar-refractivity contribution in [3.63, 3.8) is 0 Å². The third-order valence-electron chi connectivity index (χ3n) is 2.79. The Morgan fingerprint density at radius 1 is 1.43 bits per heavy atom. The van der Waals surface area contributed by atoms with Gasteiger partial charge in [-0.15, -0.1) is 0 Å². The Bertz CT molecular complexity index is 627. The minimum absolute atomic E-state index is 0.368. The lowest BCUT2D eigenvalue weighted by Crippen LogP contribution is -2.19. The van der Waals surface area contributed by atoms with E-state index in [0.717, 1.165) is 5.56 Å². The van der Waals surface area contributed by atoms with Crippen molar-refractivity contribution < 1.29 is 9.53 Å². The quantitative estimate of drug-likeness (QED) is 0.891. The summed E-state index contributed by atoms with van der Waals surface area (Å²) in [6.45, 7) is 3.13. The number of benzene rings is 1. The van der Waals surface area contributed by atoms with E-state index in [9.17, 15) is 4.79 Å². The van der Waals surface area contributed by atoms with Gasteiger partial charge in [-0.2, -0.15) is 5.10 Å². The van der Waals surface area contributed by atoms with Gasteiger partial charge in [0, 0.05) is 13.3 Å². The molecule has 0 spiro atoms. The van der Waals surface area contributed by atoms with Crippen LogP contribution in [0.15, 0.2) is 30.6 Å². The molecular weight excluding hydrogens is 292 g/mol. The Hall–Kier alpha value is -2.05. The Morgan fingerprint density at radius 2 is 2.24 bits per heavy atom. The molecule has 2 rings (SSSR count). The fraction of sp³-hybridized carbons (Fsp3) is 0.286. The first-order chi connectivity index (χ1) is 10.1. The lowest BCUT2D eigenvalue weighted by atomic mass is 10.2. The first-order valence-electron chi connectivity index (χ1n) is 6.44. The molecule has 0 fully saturated rings. The second kappa shape index (κ2) is 7.10. The first-order valence-corrected chi connectivity index (χ1v) is 6.82. The van der Waals surface area contributed by atoms with Crippen LogP contribution in [0.3, 0.4) is 0 Å². The van der Waals surface area contributed by atoms with Crippen molar-refractivity contribution in [2.75, 3.05) is 24.4 Å². The molecule has 0 unspecified atom stereocenters. The number of rotatable bonds is 5. The van der Waals surface area contributed by atoms with E-state index in [-0.39, 0.29) is 6.03 Å². The maximum atomic E-state index is 11.9. The fourth-order valence-corrected chi connectivity index (χ4v) is 2.02. The zero-order valence-corrected chi connectivity index (χ0v) is 12.6. The van der Waals surface area contributed by atoms with E-state index in [2.05, 4.69) is 15.7 Å². The van der Waals surface area contributed by atoms with Gasteiger partial charge < -0.3 is 15.4 Å². The Morgan fingerprint density at radius 3 is 2.95 bits per heavy atom. The number of halogens is 1. The number of ether oxygens (including phenoxy) is 1. The van der Waals surface area contributed by atoms with Crippen LogP contribution in [0.1, 0.15) is 5.56 Å². The molecule has 112 valence electrons. The zero-order valence-electron chi connectivity index (χ0n) is 11.9. The van der Waals surface area contributed by atoms with Gasteiger partial charge in [-0.05, 0) is 24.6 Å². The van der Waals surface area contributed by atoms with Crippen LogP contribution in [-0.2, 0) is 11.3 Å². The predicted molar refractivity (Wildman–Crippen MR) is 82.9 cm³/mol. The molecule has 0 saturated carbocycles. The van der Waals surface area contributed by atoms with Crippen LogP contribution in [0.25, 0.3) is 0 Å². The lowest BCUT2D eigenvalue weighted by Gasteiger charge is -2.08. The van der Waals surface area contributed by atoms with Gasteiger partial charge in [0.25, 0.3) is 0 Å². The summed E-state index contributed by atoms with van der Waals surface area (Å²) in [4.78, 5) is 11.9. The Kier molecular flexibility index (Phi) is 5.19. The molecule has 0 aliphatic carbocycles. The number of aryl methyl sites for hydroxylation is 1. The van der Waals surface area contributed by atoms with Gasteiger partial charge in [0.15, 0.2) is 0 Å². The van der Waals surface area contributed by atoms with E-state index in [0.29, 0.717) is 29.5 Å². The van der Waals surface area contributed by atoms with Crippen molar-refractivity contribution in [2.24, 2.45) is 0 Å². The third kappa shape index (κ3) is 4.47. The average Bonchev–Trinajstić information content (AvgIpc) is 2.87. The number of methoxy groups -OCH3 is 1. The van der Waals surface area contributed by atoms with Gasteiger partial charge >= 0.3 is 6.03 Å². The normalized spacial score (nSPS) is 10.4. The third-order valence-corrected chi connectivity index (χ3v) is 3.10. The molecule has 1 aromatic carbocycles. The molecule has 21 heavy (non-hydrogen) atoms. The number of urea groups is 1. The molecule has 1 aromatic heterocycles. The van der Waals surface area contributed by atoms with E-state index >= 15 is 0 Å². The van der Waals surface area contributed by atoms with Gasteiger partial charge in [-0.1, -0.05) is 17.7 Å². The molecule has 2 amide bonds. The van der Waals surface area contributed by atoms with Crippen LogP contribution in [0.4, 0.5) is 16.2 Å². The maximum absolute atomic E-state index is 11.9. The molecule has 0 aliphatic heterocycles. The van der Waals surface area contributed by atoms with Crippen molar-refractivity contribution in [2.45, 2.75) is 13.5 Å². The highest BCUT2D eigenvalue weighted by atomic mass is 35.5. The number of carbonyl (C=O) groups is 1. The van der Waals surface area contributed by atoms with Gasteiger partial charge in [0.1, 0.15) is 0 Å². The fourth-order valence-electron chi connectivity index (χ4n) is 1.74. The molecule has 6 nitrogen and oxygen atoms in total. The largest absolute Gasteiger partial charge is 0.383 e. The van der Waals surface area contributed by atoms with Crippen molar-refractivity contribution in [3.8, 4) is 0 Å². The summed E-state index contributed by atoms with van der Waals surface area (Å²) in [5.74, 6) is 0. The second-order valence-electron chi connectivity index (χ2n) is 4.55. The molecule has 1 heterocycles. The van der Waals surface area contributed by atoms with Gasteiger partial charge in [-0.3, -0.25) is 4.68 Å². The molecule has 7 heteroatoms. The molecule has 0 bridgehead atoms. The number of nitrogens with zero attached hydrogens (tertiary/aromatic N) is 2. The van der Waals surface area contributed by atoms with Gasteiger partial charge in [0.05, 0.1) is 35.7 Å². The van der Waals surface area contributed by atoms with E-state index in [1.54, 1.807) is 36.3 Å². The van der Waals surface area contributed by atoms with E-state index in [1.807, 2.05) is 13.0 Å². The number of anilines is 2. The monoisotopic (exact) mass is 308 g/mol. The number of hydrogen-bond acceptors (Lipinski definition) is 3. The predicted octanol–water partition coefficient (Wildman–Crippen LogP) is 3.14. The summed E-state index contributed by atoms with van der Waals surface area (Å²) in [6.07, 6.45) is 3.31. The topological polar surface area (TPSA) is 68.2 Å². The minimum atomic E-state index is -0.368. The summed E-state index contributed by atoms with van der Waals surface area (Å²) >= 11 is 6.07. The van der Waals surface area contributed by atoms with Crippen LogP contribution in [0, 0.1) is 6.92 Å². The van der Waals surface area contributed by atoms with Crippen LogP contribution in [-0.4, -0.2) is 29.5 Å². The summed E-state index contributed by atoms with van der Waals surface area (Å²) in [5, 5.41) is 10.0. The highest BCUT2D eigenvalue weighted by Gasteiger charge is 2.07. The van der Waals surface area contributed by atoms with Crippen LogP contribution < -0.4 is 10.6 Å². The number of amides is 2. The van der Waals surface area contributed by atoms with Crippen LogP contribution in [0.2, 0.25) is 5.02 Å². The van der Waals surface area contributed by atoms with Crippen LogP contribution in [0.5, 0.6) is 0 Å². The second-order valence-corrected chi connectivity index (χ2v) is 4.95. The SMILES string of the molecule is COCCn1cc(NC(=O)Nc2ccc(C)cc2Cl)cn1. The van der Waals surface area contributed by atoms with E-state index in [4.69, 9.17) is 16.3 Å². The molecule has 0 radical (unpaired) electrons. The highest BCUT2D eigenvalue weighted by molar-refractivity contribution is 6.33. The minimum Gasteiger partial charge on any atom is -0.383 e. The lowest BCUT2D eigenvalue weighted by molar-refractivity contribution is 0.183. The van der Waals surface area contributed by atoms with Gasteiger partial charge in [0.2, 0.25) is 0 Å². The smallest absolute Gasteiger partial charge is 0.323 e. The molecular formula is C14H17ClN4O2. The Balaban J connectivity index is 1.93. The van der Waals surface area contributed by atoms with Crippen molar-refractivity contribution in [1.82, 2.24) is 9.78 Å². The maximum Gasteiger partial charge on any atom is 0.323 e. The Labute approximate surface area is 128 Å². The number of nitrogens with one attached hydrogen (secondary N) is 2. The summed E-state index contributed by atoms with van der Waals surface area (Å²) in [7, 11) is 1.63. The highest BCUT2D eigenvalue weighted by Crippen LogP contribution is 2.22.